The number of para-hydroxylation sites is 1. The Labute approximate surface area is 169 Å². The Kier molecular flexibility index (Phi) is 7.75. The van der Waals surface area contributed by atoms with E-state index < -0.39 is 0 Å². The second-order valence-electron chi connectivity index (χ2n) is 6.39. The lowest BCUT2D eigenvalue weighted by Gasteiger charge is -2.10. The molecular formula is C21H25N3O3S. The van der Waals surface area contributed by atoms with Gasteiger partial charge in [-0.2, -0.15) is 0 Å². The highest BCUT2D eigenvalue weighted by Gasteiger charge is 2.09. The molecule has 0 amide bonds. The Balaban J connectivity index is 1.41. The molecule has 0 spiro atoms. The van der Waals surface area contributed by atoms with E-state index in [1.807, 2.05) is 68.7 Å². The van der Waals surface area contributed by atoms with E-state index in [-0.39, 0.29) is 0 Å². The van der Waals surface area contributed by atoms with Crippen LogP contribution in [-0.4, -0.2) is 54.7 Å². The lowest BCUT2D eigenvalue weighted by molar-refractivity contribution is 0.261. The Morgan fingerprint density at radius 3 is 2.36 bits per heavy atom. The van der Waals surface area contributed by atoms with Gasteiger partial charge in [-0.05, 0) is 50.5 Å². The fourth-order valence-electron chi connectivity index (χ4n) is 2.36. The van der Waals surface area contributed by atoms with E-state index in [9.17, 15) is 0 Å². The highest BCUT2D eigenvalue weighted by Crippen LogP contribution is 2.22. The molecule has 28 heavy (non-hydrogen) atoms. The van der Waals surface area contributed by atoms with Crippen molar-refractivity contribution >= 4 is 11.8 Å². The van der Waals surface area contributed by atoms with Gasteiger partial charge in [-0.3, -0.25) is 0 Å². The average Bonchev–Trinajstić information content (AvgIpc) is 3.18. The van der Waals surface area contributed by atoms with E-state index in [2.05, 4.69) is 15.1 Å². The maximum absolute atomic E-state index is 5.76. The Bertz CT molecular complexity index is 822. The molecule has 0 fully saturated rings. The van der Waals surface area contributed by atoms with E-state index >= 15 is 0 Å². The first kappa shape index (κ1) is 20.2. The van der Waals surface area contributed by atoms with Crippen molar-refractivity contribution in [1.82, 2.24) is 15.1 Å². The van der Waals surface area contributed by atoms with Gasteiger partial charge in [0, 0.05) is 17.9 Å². The van der Waals surface area contributed by atoms with Gasteiger partial charge in [-0.25, -0.2) is 0 Å². The highest BCUT2D eigenvalue weighted by molar-refractivity contribution is 7.98. The number of rotatable bonds is 11. The van der Waals surface area contributed by atoms with Crippen LogP contribution in [0.3, 0.4) is 0 Å². The molecule has 0 radical (unpaired) electrons. The minimum absolute atomic E-state index is 0.524. The molecule has 2 aromatic carbocycles. The summed E-state index contributed by atoms with van der Waals surface area (Å²) in [6.45, 7) is 2.18. The van der Waals surface area contributed by atoms with Crippen LogP contribution in [0.1, 0.15) is 5.89 Å². The summed E-state index contributed by atoms with van der Waals surface area (Å²) in [4.78, 5) is 2.08. The van der Waals surface area contributed by atoms with Crippen molar-refractivity contribution in [3.05, 3.63) is 60.5 Å². The molecule has 7 heteroatoms. The smallest absolute Gasteiger partial charge is 0.247 e. The normalized spacial score (nSPS) is 11.0. The summed E-state index contributed by atoms with van der Waals surface area (Å²) in [6.07, 6.45) is 0. The number of hydrogen-bond acceptors (Lipinski definition) is 7. The van der Waals surface area contributed by atoms with Crippen LogP contribution >= 0.6 is 11.8 Å². The largest absolute Gasteiger partial charge is 0.493 e. The van der Waals surface area contributed by atoms with Crippen molar-refractivity contribution in [3.63, 3.8) is 0 Å². The molecule has 0 aliphatic heterocycles. The predicted molar refractivity (Wildman–Crippen MR) is 112 cm³/mol. The zero-order chi connectivity index (χ0) is 19.6. The molecule has 0 bridgehead atoms. The molecule has 0 aliphatic carbocycles. The summed E-state index contributed by atoms with van der Waals surface area (Å²) in [5.74, 6) is 4.38. The number of hydrogen-bond donors (Lipinski definition) is 0. The second kappa shape index (κ2) is 10.7. The number of aromatic nitrogens is 2. The van der Waals surface area contributed by atoms with Crippen molar-refractivity contribution in [2.45, 2.75) is 5.75 Å². The first-order valence-corrected chi connectivity index (χ1v) is 10.3. The van der Waals surface area contributed by atoms with E-state index in [1.165, 1.54) is 0 Å². The van der Waals surface area contributed by atoms with E-state index in [0.29, 0.717) is 30.7 Å². The standard InChI is InChI=1S/C21H25N3O3S/c1-24(2)12-13-25-19-10-8-17(9-11-19)21-23-22-20(27-21)16-28-15-14-26-18-6-4-3-5-7-18/h3-11H,12-16H2,1-2H3. The van der Waals surface area contributed by atoms with Crippen LogP contribution in [0.15, 0.2) is 59.0 Å². The van der Waals surface area contributed by atoms with Crippen molar-refractivity contribution in [2.75, 3.05) is 39.6 Å². The molecule has 3 rings (SSSR count). The molecule has 3 aromatic rings. The molecule has 1 heterocycles. The third-order valence-electron chi connectivity index (χ3n) is 3.84. The van der Waals surface area contributed by atoms with Crippen LogP contribution < -0.4 is 9.47 Å². The van der Waals surface area contributed by atoms with Crippen LogP contribution in [0.25, 0.3) is 11.5 Å². The van der Waals surface area contributed by atoms with Gasteiger partial charge >= 0.3 is 0 Å². The summed E-state index contributed by atoms with van der Waals surface area (Å²) >= 11 is 1.70. The number of ether oxygens (including phenoxy) is 2. The summed E-state index contributed by atoms with van der Waals surface area (Å²) in [6, 6.07) is 17.5. The quantitative estimate of drug-likeness (QED) is 0.452. The number of thioether (sulfide) groups is 1. The topological polar surface area (TPSA) is 60.6 Å². The fourth-order valence-corrected chi connectivity index (χ4v) is 3.00. The molecule has 148 valence electrons. The number of likely N-dealkylation sites (N-methyl/N-ethyl adjacent to an activating group) is 1. The summed E-state index contributed by atoms with van der Waals surface area (Å²) < 4.78 is 17.1. The van der Waals surface area contributed by atoms with Crippen LogP contribution in [-0.2, 0) is 5.75 Å². The Morgan fingerprint density at radius 2 is 1.61 bits per heavy atom. The van der Waals surface area contributed by atoms with Crippen LogP contribution in [0.4, 0.5) is 0 Å². The number of nitrogens with zero attached hydrogens (tertiary/aromatic N) is 3. The number of benzene rings is 2. The van der Waals surface area contributed by atoms with Gasteiger partial charge in [-0.15, -0.1) is 22.0 Å². The van der Waals surface area contributed by atoms with Crippen LogP contribution in [0.5, 0.6) is 11.5 Å². The van der Waals surface area contributed by atoms with Gasteiger partial charge < -0.3 is 18.8 Å². The van der Waals surface area contributed by atoms with Crippen molar-refractivity contribution in [3.8, 4) is 23.0 Å². The van der Waals surface area contributed by atoms with Crippen LogP contribution in [0.2, 0.25) is 0 Å². The predicted octanol–water partition coefficient (Wildman–Crippen LogP) is 3.99. The zero-order valence-electron chi connectivity index (χ0n) is 16.2. The van der Waals surface area contributed by atoms with Gasteiger partial charge in [0.2, 0.25) is 11.8 Å². The minimum Gasteiger partial charge on any atom is -0.493 e. The van der Waals surface area contributed by atoms with Gasteiger partial charge in [-0.1, -0.05) is 18.2 Å². The molecule has 0 unspecified atom stereocenters. The van der Waals surface area contributed by atoms with E-state index in [4.69, 9.17) is 13.9 Å². The van der Waals surface area contributed by atoms with Crippen molar-refractivity contribution in [2.24, 2.45) is 0 Å². The lowest BCUT2D eigenvalue weighted by atomic mass is 10.2. The van der Waals surface area contributed by atoms with E-state index in [1.54, 1.807) is 11.8 Å². The molecule has 0 aliphatic rings. The molecule has 0 atom stereocenters. The maximum Gasteiger partial charge on any atom is 0.247 e. The Hall–Kier alpha value is -2.51. The molecular weight excluding hydrogens is 374 g/mol. The summed E-state index contributed by atoms with van der Waals surface area (Å²) in [5, 5.41) is 8.26. The third kappa shape index (κ3) is 6.58. The maximum atomic E-state index is 5.76. The molecule has 0 N–H and O–H groups in total. The minimum atomic E-state index is 0.524. The fraction of sp³-hybridized carbons (Fsp3) is 0.333. The van der Waals surface area contributed by atoms with Crippen molar-refractivity contribution in [1.29, 1.82) is 0 Å². The molecule has 0 saturated heterocycles. The van der Waals surface area contributed by atoms with Gasteiger partial charge in [0.15, 0.2) is 0 Å². The second-order valence-corrected chi connectivity index (χ2v) is 7.50. The highest BCUT2D eigenvalue weighted by atomic mass is 32.2. The van der Waals surface area contributed by atoms with Crippen LogP contribution in [0, 0.1) is 0 Å². The first-order valence-electron chi connectivity index (χ1n) is 9.16. The lowest BCUT2D eigenvalue weighted by Crippen LogP contribution is -2.19. The van der Waals surface area contributed by atoms with Gasteiger partial charge in [0.25, 0.3) is 0 Å². The molecule has 6 nitrogen and oxygen atoms in total. The van der Waals surface area contributed by atoms with Crippen molar-refractivity contribution < 1.29 is 13.9 Å². The zero-order valence-corrected chi connectivity index (χ0v) is 17.0. The third-order valence-corrected chi connectivity index (χ3v) is 4.75. The monoisotopic (exact) mass is 399 g/mol. The van der Waals surface area contributed by atoms with Gasteiger partial charge in [0.1, 0.15) is 18.1 Å². The Morgan fingerprint density at radius 1 is 0.893 bits per heavy atom. The SMILES string of the molecule is CN(C)CCOc1ccc(-c2nnc(CSCCOc3ccccc3)o2)cc1. The average molecular weight is 400 g/mol. The summed E-state index contributed by atoms with van der Waals surface area (Å²) in [5.41, 5.74) is 0.885. The van der Waals surface area contributed by atoms with E-state index in [0.717, 1.165) is 29.4 Å². The first-order chi connectivity index (χ1) is 13.7. The van der Waals surface area contributed by atoms with Gasteiger partial charge in [0.05, 0.1) is 12.4 Å². The molecule has 0 saturated carbocycles. The molecule has 1 aromatic heterocycles. The summed E-state index contributed by atoms with van der Waals surface area (Å²) in [7, 11) is 4.04.